The minimum Gasteiger partial charge on any atom is -0.494 e. The summed E-state index contributed by atoms with van der Waals surface area (Å²) in [5, 5.41) is 7.77. The quantitative estimate of drug-likeness (QED) is 0.309. The number of benzene rings is 2. The lowest BCUT2D eigenvalue weighted by Gasteiger charge is -2.26. The molecule has 0 saturated carbocycles. The molecule has 0 spiro atoms. The van der Waals surface area contributed by atoms with E-state index < -0.39 is 11.6 Å². The fraction of sp³-hybridized carbons (Fsp3) is 0.345. The highest BCUT2D eigenvalue weighted by Crippen LogP contribution is 2.38. The number of hydrogen-bond acceptors (Lipinski definition) is 9. The summed E-state index contributed by atoms with van der Waals surface area (Å²) < 4.78 is 33.2. The second-order valence-electron chi connectivity index (χ2n) is 9.96. The fourth-order valence-electron chi connectivity index (χ4n) is 4.53. The van der Waals surface area contributed by atoms with Crippen LogP contribution >= 0.6 is 0 Å². The van der Waals surface area contributed by atoms with E-state index in [2.05, 4.69) is 32.1 Å². The van der Waals surface area contributed by atoms with Gasteiger partial charge in [-0.2, -0.15) is 0 Å². The molecule has 41 heavy (non-hydrogen) atoms. The van der Waals surface area contributed by atoms with E-state index in [0.29, 0.717) is 60.3 Å². The lowest BCUT2D eigenvalue weighted by molar-refractivity contribution is -0.111. The number of halogens is 2. The summed E-state index contributed by atoms with van der Waals surface area (Å²) in [5.41, 5.74) is 2.44. The van der Waals surface area contributed by atoms with Crippen molar-refractivity contribution in [2.24, 2.45) is 0 Å². The Morgan fingerprint density at radius 3 is 2.56 bits per heavy atom. The fourth-order valence-corrected chi connectivity index (χ4v) is 4.53. The molecule has 1 saturated heterocycles. The number of likely N-dealkylation sites (N-methyl/N-ethyl adjacent to an activating group) is 2. The van der Waals surface area contributed by atoms with Gasteiger partial charge in [0.2, 0.25) is 5.91 Å². The molecule has 12 heteroatoms. The number of ether oxygens (including phenoxy) is 1. The first kappa shape index (κ1) is 29.7. The number of carbonyl (C=O) groups is 1. The van der Waals surface area contributed by atoms with Crippen LogP contribution in [0.25, 0.3) is 0 Å². The highest BCUT2D eigenvalue weighted by atomic mass is 19.1. The number of nitrogens with one attached hydrogen (secondary N) is 2. The molecule has 10 nitrogen and oxygen atoms in total. The van der Waals surface area contributed by atoms with E-state index >= 15 is 0 Å². The van der Waals surface area contributed by atoms with Crippen molar-refractivity contribution in [3.8, 4) is 5.75 Å². The monoisotopic (exact) mass is 567 g/mol. The molecule has 1 fully saturated rings. The van der Waals surface area contributed by atoms with Crippen LogP contribution in [0, 0.1) is 11.6 Å². The minimum absolute atomic E-state index is 0.175. The Hall–Kier alpha value is -4.29. The molecule has 0 unspecified atom stereocenters. The first-order chi connectivity index (χ1) is 19.7. The standard InChI is InChI=1S/C29H35F2N7O3/c1-6-29(39)35-23-15-24(26(40-5)16-25(23)37(4)9-8-36(2)3)34-27-17-28(33-18-32-27)38-22(7-10-41-38)13-19-11-20(30)14-21(31)12-19/h6,11-12,14-18,22H,1,7-10,13H2,2-5H3,(H,35,39)(H,32,33,34)/t22-/m1/s1. The van der Waals surface area contributed by atoms with Crippen LogP contribution in [0.1, 0.15) is 12.0 Å². The number of hydrogen-bond donors (Lipinski definition) is 2. The number of anilines is 5. The zero-order valence-electron chi connectivity index (χ0n) is 23.7. The van der Waals surface area contributed by atoms with Gasteiger partial charge < -0.3 is 25.2 Å². The van der Waals surface area contributed by atoms with Crippen LogP contribution in [0.4, 0.5) is 37.5 Å². The van der Waals surface area contributed by atoms with Gasteiger partial charge in [-0.25, -0.2) is 23.8 Å². The molecule has 1 aliphatic heterocycles. The summed E-state index contributed by atoms with van der Waals surface area (Å²) in [5.74, 6) is -0.104. The summed E-state index contributed by atoms with van der Waals surface area (Å²) >= 11 is 0. The molecule has 2 N–H and O–H groups in total. The molecular formula is C29H35F2N7O3. The van der Waals surface area contributed by atoms with Gasteiger partial charge in [-0.05, 0) is 56.8 Å². The van der Waals surface area contributed by atoms with Crippen molar-refractivity contribution < 1.29 is 23.1 Å². The van der Waals surface area contributed by atoms with Crippen molar-refractivity contribution in [3.05, 3.63) is 72.6 Å². The molecule has 0 bridgehead atoms. The summed E-state index contributed by atoms with van der Waals surface area (Å²) in [7, 11) is 7.49. The number of amides is 1. The van der Waals surface area contributed by atoms with E-state index in [1.165, 1.54) is 24.5 Å². The Morgan fingerprint density at radius 2 is 1.88 bits per heavy atom. The van der Waals surface area contributed by atoms with Gasteiger partial charge in [0.15, 0.2) is 5.82 Å². The van der Waals surface area contributed by atoms with E-state index in [9.17, 15) is 13.6 Å². The van der Waals surface area contributed by atoms with Gasteiger partial charge in [-0.15, -0.1) is 0 Å². The molecule has 2 aromatic carbocycles. The highest BCUT2D eigenvalue weighted by Gasteiger charge is 2.28. The molecule has 1 atom stereocenters. The molecule has 0 radical (unpaired) electrons. The molecule has 1 aromatic heterocycles. The highest BCUT2D eigenvalue weighted by molar-refractivity contribution is 6.02. The summed E-state index contributed by atoms with van der Waals surface area (Å²) in [6.45, 7) is 5.53. The summed E-state index contributed by atoms with van der Waals surface area (Å²) in [6.07, 6.45) is 3.65. The number of nitrogens with zero attached hydrogens (tertiary/aromatic N) is 5. The minimum atomic E-state index is -0.619. The van der Waals surface area contributed by atoms with E-state index in [4.69, 9.17) is 9.57 Å². The molecule has 1 amide bonds. The number of methoxy groups -OCH3 is 1. The second-order valence-corrected chi connectivity index (χ2v) is 9.96. The van der Waals surface area contributed by atoms with Crippen LogP contribution in [-0.2, 0) is 16.1 Å². The molecule has 2 heterocycles. The van der Waals surface area contributed by atoms with Gasteiger partial charge in [0.05, 0.1) is 36.8 Å². The van der Waals surface area contributed by atoms with Crippen LogP contribution < -0.4 is 25.3 Å². The normalized spacial score (nSPS) is 14.7. The van der Waals surface area contributed by atoms with E-state index in [0.717, 1.165) is 18.3 Å². The number of carbonyl (C=O) groups excluding carboxylic acids is 1. The third-order valence-electron chi connectivity index (χ3n) is 6.60. The Morgan fingerprint density at radius 1 is 1.12 bits per heavy atom. The van der Waals surface area contributed by atoms with Crippen molar-refractivity contribution in [1.82, 2.24) is 14.9 Å². The van der Waals surface area contributed by atoms with E-state index in [1.54, 1.807) is 24.3 Å². The predicted molar refractivity (Wildman–Crippen MR) is 156 cm³/mol. The molecule has 0 aliphatic carbocycles. The van der Waals surface area contributed by atoms with Crippen LogP contribution in [0.15, 0.2) is 55.4 Å². The lowest BCUT2D eigenvalue weighted by atomic mass is 10.0. The SMILES string of the molecule is C=CC(=O)Nc1cc(Nc2cc(N3OCC[C@@H]3Cc3cc(F)cc(F)c3)ncn2)c(OC)cc1N(C)CCN(C)C. The van der Waals surface area contributed by atoms with Crippen molar-refractivity contribution >= 4 is 34.6 Å². The Balaban J connectivity index is 1.59. The smallest absolute Gasteiger partial charge is 0.247 e. The van der Waals surface area contributed by atoms with Crippen LogP contribution in [-0.4, -0.2) is 74.8 Å². The number of rotatable bonds is 12. The van der Waals surface area contributed by atoms with Gasteiger partial charge in [0, 0.05) is 38.3 Å². The van der Waals surface area contributed by atoms with Gasteiger partial charge in [0.25, 0.3) is 0 Å². The van der Waals surface area contributed by atoms with E-state index in [1.807, 2.05) is 32.1 Å². The maximum atomic E-state index is 13.7. The zero-order chi connectivity index (χ0) is 29.5. The first-order valence-electron chi connectivity index (χ1n) is 13.1. The average molecular weight is 568 g/mol. The van der Waals surface area contributed by atoms with Crippen molar-refractivity contribution in [2.45, 2.75) is 18.9 Å². The maximum Gasteiger partial charge on any atom is 0.247 e. The van der Waals surface area contributed by atoms with E-state index in [-0.39, 0.29) is 11.9 Å². The molecule has 1 aliphatic rings. The number of aromatic nitrogens is 2. The lowest BCUT2D eigenvalue weighted by Crippen LogP contribution is -2.30. The van der Waals surface area contributed by atoms with Gasteiger partial charge in [0.1, 0.15) is 29.5 Å². The van der Waals surface area contributed by atoms with Gasteiger partial charge in [-0.1, -0.05) is 6.58 Å². The van der Waals surface area contributed by atoms with Crippen molar-refractivity contribution in [1.29, 1.82) is 0 Å². The predicted octanol–water partition coefficient (Wildman–Crippen LogP) is 4.38. The second kappa shape index (κ2) is 13.4. The van der Waals surface area contributed by atoms with Gasteiger partial charge >= 0.3 is 0 Å². The summed E-state index contributed by atoms with van der Waals surface area (Å²) in [4.78, 5) is 30.9. The van der Waals surface area contributed by atoms with Gasteiger partial charge in [-0.3, -0.25) is 9.63 Å². The number of hydroxylamine groups is 1. The van der Waals surface area contributed by atoms with Crippen molar-refractivity contribution in [2.75, 3.05) is 68.5 Å². The first-order valence-corrected chi connectivity index (χ1v) is 13.1. The van der Waals surface area contributed by atoms with Crippen LogP contribution in [0.3, 0.4) is 0 Å². The third-order valence-corrected chi connectivity index (χ3v) is 6.60. The Labute approximate surface area is 238 Å². The largest absolute Gasteiger partial charge is 0.494 e. The maximum absolute atomic E-state index is 13.7. The Bertz CT molecular complexity index is 1370. The Kier molecular flexibility index (Phi) is 9.69. The summed E-state index contributed by atoms with van der Waals surface area (Å²) in [6, 6.07) is 8.65. The topological polar surface area (TPSA) is 95.1 Å². The molecule has 218 valence electrons. The average Bonchev–Trinajstić information content (AvgIpc) is 3.39. The zero-order valence-corrected chi connectivity index (χ0v) is 23.7. The molecular weight excluding hydrogens is 532 g/mol. The van der Waals surface area contributed by atoms with Crippen molar-refractivity contribution in [3.63, 3.8) is 0 Å². The third kappa shape index (κ3) is 7.68. The molecule has 4 rings (SSSR count). The molecule has 3 aromatic rings. The van der Waals surface area contributed by atoms with Crippen LogP contribution in [0.2, 0.25) is 0 Å². The van der Waals surface area contributed by atoms with Crippen LogP contribution in [0.5, 0.6) is 5.75 Å².